The van der Waals surface area contributed by atoms with Gasteiger partial charge in [-0.05, 0) is 6.92 Å². The first-order valence-corrected chi connectivity index (χ1v) is 4.06. The van der Waals surface area contributed by atoms with Crippen LogP contribution in [0.5, 0.6) is 0 Å². The van der Waals surface area contributed by atoms with Gasteiger partial charge in [-0.25, -0.2) is 0 Å². The van der Waals surface area contributed by atoms with Gasteiger partial charge in [-0.3, -0.25) is 4.79 Å². The summed E-state index contributed by atoms with van der Waals surface area (Å²) in [6, 6.07) is 1.46. The van der Waals surface area contributed by atoms with Gasteiger partial charge < -0.3 is 4.74 Å². The van der Waals surface area contributed by atoms with E-state index in [0.29, 0.717) is 0 Å². The maximum Gasteiger partial charge on any atom is 0.393 e. The average Bonchev–Trinajstić information content (AvgIpc) is 2.77. The summed E-state index contributed by atoms with van der Waals surface area (Å²) in [6.07, 6.45) is -4.49. The van der Waals surface area contributed by atoms with Crippen LogP contribution in [-0.2, 0) is 9.53 Å². The molecule has 3 nitrogen and oxygen atoms in total. The van der Waals surface area contributed by atoms with Crippen LogP contribution in [0.2, 0.25) is 0 Å². The highest BCUT2D eigenvalue weighted by molar-refractivity contribution is 5.77. The van der Waals surface area contributed by atoms with Crippen LogP contribution in [0.1, 0.15) is 6.92 Å². The van der Waals surface area contributed by atoms with E-state index in [4.69, 9.17) is 5.26 Å². The number of hydrogen-bond acceptors (Lipinski definition) is 3. The van der Waals surface area contributed by atoms with E-state index in [2.05, 4.69) is 4.74 Å². The first-order chi connectivity index (χ1) is 6.43. The average molecular weight is 207 g/mol. The number of hydrogen-bond donors (Lipinski definition) is 0. The van der Waals surface area contributed by atoms with Crippen LogP contribution >= 0.6 is 0 Å². The summed E-state index contributed by atoms with van der Waals surface area (Å²) in [7, 11) is 0. The van der Waals surface area contributed by atoms with Crippen molar-refractivity contribution in [2.75, 3.05) is 6.61 Å². The van der Waals surface area contributed by atoms with Crippen molar-refractivity contribution in [2.45, 2.75) is 13.1 Å². The molecule has 0 bridgehead atoms. The van der Waals surface area contributed by atoms with E-state index in [9.17, 15) is 18.0 Å². The van der Waals surface area contributed by atoms with Crippen molar-refractivity contribution in [3.63, 3.8) is 0 Å². The summed E-state index contributed by atoms with van der Waals surface area (Å²) >= 11 is 0. The second kappa shape index (κ2) is 3.48. The van der Waals surface area contributed by atoms with Crippen molar-refractivity contribution in [2.24, 2.45) is 17.8 Å². The molecule has 1 fully saturated rings. The van der Waals surface area contributed by atoms with Crippen molar-refractivity contribution >= 4 is 5.97 Å². The topological polar surface area (TPSA) is 50.1 Å². The summed E-state index contributed by atoms with van der Waals surface area (Å²) in [6.45, 7) is 1.53. The smallest absolute Gasteiger partial charge is 0.393 e. The molecule has 0 N–H and O–H groups in total. The standard InChI is InChI=1S/C8H8F3NO2/c1-2-14-7(13)5-4(3-12)6(5)8(9,10)11/h4-6H,2H2,1H3/t4-,5+,6+/m0/s1. The van der Waals surface area contributed by atoms with E-state index in [1.807, 2.05) is 0 Å². The highest BCUT2D eigenvalue weighted by atomic mass is 19.4. The van der Waals surface area contributed by atoms with Gasteiger partial charge in [0, 0.05) is 0 Å². The van der Waals surface area contributed by atoms with Gasteiger partial charge in [0.25, 0.3) is 0 Å². The number of carbonyl (C=O) groups excluding carboxylic acids is 1. The number of carbonyl (C=O) groups is 1. The lowest BCUT2D eigenvalue weighted by molar-refractivity contribution is -0.163. The maximum atomic E-state index is 12.2. The van der Waals surface area contributed by atoms with Crippen molar-refractivity contribution in [1.29, 1.82) is 5.26 Å². The van der Waals surface area contributed by atoms with E-state index in [0.717, 1.165) is 0 Å². The first kappa shape index (κ1) is 10.8. The van der Waals surface area contributed by atoms with Gasteiger partial charge in [0.15, 0.2) is 0 Å². The van der Waals surface area contributed by atoms with Crippen LogP contribution < -0.4 is 0 Å². The molecule has 14 heavy (non-hydrogen) atoms. The molecule has 1 aliphatic rings. The van der Waals surface area contributed by atoms with Crippen LogP contribution in [0.25, 0.3) is 0 Å². The second-order valence-corrected chi connectivity index (χ2v) is 3.00. The normalized spacial score (nSPS) is 30.6. The quantitative estimate of drug-likeness (QED) is 0.644. The predicted molar refractivity (Wildman–Crippen MR) is 38.8 cm³/mol. The molecule has 6 heteroatoms. The number of esters is 1. The van der Waals surface area contributed by atoms with E-state index in [-0.39, 0.29) is 6.61 Å². The lowest BCUT2D eigenvalue weighted by Gasteiger charge is -2.03. The maximum absolute atomic E-state index is 12.2. The fraction of sp³-hybridized carbons (Fsp3) is 0.750. The molecule has 0 aromatic heterocycles. The van der Waals surface area contributed by atoms with Gasteiger partial charge in [0.2, 0.25) is 0 Å². The summed E-state index contributed by atoms with van der Waals surface area (Å²) in [5.74, 6) is -5.36. The third kappa shape index (κ3) is 1.81. The van der Waals surface area contributed by atoms with Gasteiger partial charge in [0.05, 0.1) is 30.4 Å². The molecule has 1 saturated carbocycles. The Kier molecular flexibility index (Phi) is 2.69. The van der Waals surface area contributed by atoms with Crippen LogP contribution in [0.15, 0.2) is 0 Å². The number of nitriles is 1. The molecule has 0 saturated heterocycles. The Hall–Kier alpha value is -1.25. The van der Waals surface area contributed by atoms with E-state index < -0.39 is 29.9 Å². The van der Waals surface area contributed by atoms with E-state index in [1.165, 1.54) is 13.0 Å². The molecule has 0 radical (unpaired) electrons. The Labute approximate surface area is 78.5 Å². The molecule has 78 valence electrons. The molecule has 0 spiro atoms. The lowest BCUT2D eigenvalue weighted by Crippen LogP contribution is -2.16. The summed E-state index contributed by atoms with van der Waals surface area (Å²) in [5.41, 5.74) is 0. The molecule has 0 amide bonds. The zero-order chi connectivity index (χ0) is 10.9. The van der Waals surface area contributed by atoms with Crippen molar-refractivity contribution < 1.29 is 22.7 Å². The highest BCUT2D eigenvalue weighted by Gasteiger charge is 2.68. The molecule has 0 unspecified atom stereocenters. The Bertz CT molecular complexity index is 281. The molecule has 3 atom stereocenters. The molecule has 0 heterocycles. The predicted octanol–water partition coefficient (Wildman–Crippen LogP) is 1.50. The number of nitrogens with zero attached hydrogens (tertiary/aromatic N) is 1. The monoisotopic (exact) mass is 207 g/mol. The van der Waals surface area contributed by atoms with Gasteiger partial charge in [-0.1, -0.05) is 0 Å². The van der Waals surface area contributed by atoms with Crippen LogP contribution in [0.4, 0.5) is 13.2 Å². The molecule has 1 rings (SSSR count). The summed E-state index contributed by atoms with van der Waals surface area (Å²) < 4.78 is 40.9. The number of halogens is 3. The van der Waals surface area contributed by atoms with Crippen molar-refractivity contribution in [3.8, 4) is 6.07 Å². The SMILES string of the molecule is CCOC(=O)[C@@H]1[C@H](C#N)[C@H]1C(F)(F)F. The lowest BCUT2D eigenvalue weighted by atomic mass is 10.3. The molecule has 0 aromatic carbocycles. The summed E-state index contributed by atoms with van der Waals surface area (Å²) in [4.78, 5) is 11.0. The third-order valence-electron chi connectivity index (χ3n) is 2.11. The van der Waals surface area contributed by atoms with Gasteiger partial charge in [-0.2, -0.15) is 18.4 Å². The van der Waals surface area contributed by atoms with Gasteiger partial charge in [0.1, 0.15) is 0 Å². The molecular formula is C8H8F3NO2. The fourth-order valence-electron chi connectivity index (χ4n) is 1.41. The minimum atomic E-state index is -4.49. The minimum Gasteiger partial charge on any atom is -0.466 e. The number of alkyl halides is 3. The van der Waals surface area contributed by atoms with Crippen molar-refractivity contribution in [3.05, 3.63) is 0 Å². The van der Waals surface area contributed by atoms with Gasteiger partial charge >= 0.3 is 12.1 Å². The molecule has 0 aliphatic heterocycles. The second-order valence-electron chi connectivity index (χ2n) is 3.00. The van der Waals surface area contributed by atoms with Crippen molar-refractivity contribution in [1.82, 2.24) is 0 Å². The van der Waals surface area contributed by atoms with E-state index in [1.54, 1.807) is 0 Å². The minimum absolute atomic E-state index is 0.0259. The zero-order valence-corrected chi connectivity index (χ0v) is 7.34. The van der Waals surface area contributed by atoms with Gasteiger partial charge in [-0.15, -0.1) is 0 Å². The molecular weight excluding hydrogens is 199 g/mol. The van der Waals surface area contributed by atoms with E-state index >= 15 is 0 Å². The Morgan fingerprint density at radius 3 is 2.43 bits per heavy atom. The fourth-order valence-corrected chi connectivity index (χ4v) is 1.41. The molecule has 1 aliphatic carbocycles. The number of ether oxygens (including phenoxy) is 1. The first-order valence-electron chi connectivity index (χ1n) is 4.06. The molecule has 0 aromatic rings. The number of rotatable bonds is 2. The van der Waals surface area contributed by atoms with Crippen LogP contribution in [-0.4, -0.2) is 18.8 Å². The van der Waals surface area contributed by atoms with Crippen LogP contribution in [0.3, 0.4) is 0 Å². The van der Waals surface area contributed by atoms with Crippen LogP contribution in [0, 0.1) is 29.1 Å². The highest BCUT2D eigenvalue weighted by Crippen LogP contribution is 2.55. The summed E-state index contributed by atoms with van der Waals surface area (Å²) in [5, 5.41) is 8.37. The largest absolute Gasteiger partial charge is 0.466 e. The zero-order valence-electron chi connectivity index (χ0n) is 7.34. The third-order valence-corrected chi connectivity index (χ3v) is 2.11. The Morgan fingerprint density at radius 1 is 1.57 bits per heavy atom. The Balaban J connectivity index is 2.66. The Morgan fingerprint density at radius 2 is 2.14 bits per heavy atom.